The van der Waals surface area contributed by atoms with E-state index in [9.17, 15) is 0 Å². The maximum Gasteiger partial charge on any atom is 0.0619 e. The SMILES string of the molecule is C1CCC(NC2CCCOC2)C1. The summed E-state index contributed by atoms with van der Waals surface area (Å²) < 4.78 is 5.43. The predicted octanol–water partition coefficient (Wildman–Crippen LogP) is 1.70. The van der Waals surface area contributed by atoms with Crippen LogP contribution in [0.5, 0.6) is 0 Å². The maximum absolute atomic E-state index is 5.43. The van der Waals surface area contributed by atoms with E-state index >= 15 is 0 Å². The average molecular weight is 169 g/mol. The summed E-state index contributed by atoms with van der Waals surface area (Å²) in [4.78, 5) is 0. The first-order valence-electron chi connectivity index (χ1n) is 5.29. The van der Waals surface area contributed by atoms with Crippen molar-refractivity contribution in [3.8, 4) is 0 Å². The smallest absolute Gasteiger partial charge is 0.0619 e. The molecular formula is C10H19NO. The number of hydrogen-bond donors (Lipinski definition) is 1. The molecule has 1 aliphatic carbocycles. The van der Waals surface area contributed by atoms with Crippen molar-refractivity contribution in [3.63, 3.8) is 0 Å². The van der Waals surface area contributed by atoms with Gasteiger partial charge in [0.2, 0.25) is 0 Å². The summed E-state index contributed by atoms with van der Waals surface area (Å²) in [7, 11) is 0. The Bertz CT molecular complexity index is 126. The Morgan fingerprint density at radius 1 is 0.917 bits per heavy atom. The fourth-order valence-corrected chi connectivity index (χ4v) is 2.30. The molecule has 1 unspecified atom stereocenters. The van der Waals surface area contributed by atoms with Crippen LogP contribution in [0.4, 0.5) is 0 Å². The van der Waals surface area contributed by atoms with Crippen molar-refractivity contribution in [2.45, 2.75) is 50.6 Å². The van der Waals surface area contributed by atoms with Crippen LogP contribution in [0.3, 0.4) is 0 Å². The first-order chi connectivity index (χ1) is 5.95. The third-order valence-corrected chi connectivity index (χ3v) is 2.99. The highest BCUT2D eigenvalue weighted by atomic mass is 16.5. The minimum Gasteiger partial charge on any atom is -0.380 e. The largest absolute Gasteiger partial charge is 0.380 e. The van der Waals surface area contributed by atoms with Crippen molar-refractivity contribution in [2.24, 2.45) is 0 Å². The number of ether oxygens (including phenoxy) is 1. The zero-order chi connectivity index (χ0) is 8.23. The molecule has 12 heavy (non-hydrogen) atoms. The van der Waals surface area contributed by atoms with Gasteiger partial charge in [0.1, 0.15) is 0 Å². The molecule has 1 aliphatic heterocycles. The van der Waals surface area contributed by atoms with Gasteiger partial charge < -0.3 is 10.1 Å². The van der Waals surface area contributed by atoms with E-state index in [2.05, 4.69) is 5.32 Å². The van der Waals surface area contributed by atoms with Gasteiger partial charge in [-0.1, -0.05) is 12.8 Å². The van der Waals surface area contributed by atoms with Gasteiger partial charge in [0.05, 0.1) is 6.61 Å². The van der Waals surface area contributed by atoms with Gasteiger partial charge in [-0.25, -0.2) is 0 Å². The van der Waals surface area contributed by atoms with Crippen molar-refractivity contribution in [1.82, 2.24) is 5.32 Å². The van der Waals surface area contributed by atoms with Gasteiger partial charge >= 0.3 is 0 Å². The van der Waals surface area contributed by atoms with Crippen molar-refractivity contribution < 1.29 is 4.74 Å². The second-order valence-corrected chi connectivity index (χ2v) is 4.06. The summed E-state index contributed by atoms with van der Waals surface area (Å²) in [6.45, 7) is 1.92. The van der Waals surface area contributed by atoms with Crippen LogP contribution in [0, 0.1) is 0 Å². The second kappa shape index (κ2) is 4.24. The zero-order valence-corrected chi connectivity index (χ0v) is 7.72. The molecule has 0 radical (unpaired) electrons. The highest BCUT2D eigenvalue weighted by molar-refractivity contribution is 4.79. The van der Waals surface area contributed by atoms with Gasteiger partial charge in [-0.05, 0) is 25.7 Å². The van der Waals surface area contributed by atoms with E-state index in [-0.39, 0.29) is 0 Å². The Kier molecular flexibility index (Phi) is 3.01. The molecule has 0 spiro atoms. The number of nitrogens with one attached hydrogen (secondary N) is 1. The first-order valence-corrected chi connectivity index (χ1v) is 5.29. The second-order valence-electron chi connectivity index (χ2n) is 4.06. The van der Waals surface area contributed by atoms with E-state index in [1.54, 1.807) is 0 Å². The Morgan fingerprint density at radius 2 is 1.67 bits per heavy atom. The maximum atomic E-state index is 5.43. The molecule has 1 saturated carbocycles. The highest BCUT2D eigenvalue weighted by Gasteiger charge is 2.20. The summed E-state index contributed by atoms with van der Waals surface area (Å²) in [5.41, 5.74) is 0. The van der Waals surface area contributed by atoms with Crippen LogP contribution in [0.1, 0.15) is 38.5 Å². The Labute approximate surface area is 74.7 Å². The summed E-state index contributed by atoms with van der Waals surface area (Å²) in [6, 6.07) is 1.46. The van der Waals surface area contributed by atoms with E-state index in [0.29, 0.717) is 6.04 Å². The molecule has 0 amide bonds. The van der Waals surface area contributed by atoms with E-state index in [1.807, 2.05) is 0 Å². The molecule has 0 aromatic carbocycles. The fourth-order valence-electron chi connectivity index (χ4n) is 2.30. The summed E-state index contributed by atoms with van der Waals surface area (Å²) in [6.07, 6.45) is 8.17. The summed E-state index contributed by atoms with van der Waals surface area (Å²) in [5, 5.41) is 3.69. The molecule has 1 saturated heterocycles. The van der Waals surface area contributed by atoms with Crippen molar-refractivity contribution in [3.05, 3.63) is 0 Å². The van der Waals surface area contributed by atoms with Gasteiger partial charge in [0.15, 0.2) is 0 Å². The van der Waals surface area contributed by atoms with Crippen LogP contribution in [-0.4, -0.2) is 25.3 Å². The van der Waals surface area contributed by atoms with Gasteiger partial charge in [0, 0.05) is 18.7 Å². The molecule has 2 nitrogen and oxygen atoms in total. The lowest BCUT2D eigenvalue weighted by Crippen LogP contribution is -2.41. The normalized spacial score (nSPS) is 32.5. The van der Waals surface area contributed by atoms with Gasteiger partial charge in [0.25, 0.3) is 0 Å². The van der Waals surface area contributed by atoms with Gasteiger partial charge in [-0.15, -0.1) is 0 Å². The lowest BCUT2D eigenvalue weighted by atomic mass is 10.1. The molecule has 2 fully saturated rings. The number of hydrogen-bond acceptors (Lipinski definition) is 2. The average Bonchev–Trinajstić information content (AvgIpc) is 2.59. The zero-order valence-electron chi connectivity index (χ0n) is 7.72. The topological polar surface area (TPSA) is 21.3 Å². The molecule has 0 aromatic rings. The van der Waals surface area contributed by atoms with Gasteiger partial charge in [-0.3, -0.25) is 0 Å². The third-order valence-electron chi connectivity index (χ3n) is 2.99. The van der Waals surface area contributed by atoms with Crippen molar-refractivity contribution in [1.29, 1.82) is 0 Å². The van der Waals surface area contributed by atoms with E-state index in [1.165, 1.54) is 38.5 Å². The standard InChI is InChI=1S/C10H19NO/c1-2-5-9(4-1)11-10-6-3-7-12-8-10/h9-11H,1-8H2. The molecule has 2 rings (SSSR count). The minimum absolute atomic E-state index is 0.654. The number of rotatable bonds is 2. The summed E-state index contributed by atoms with van der Waals surface area (Å²) in [5.74, 6) is 0. The van der Waals surface area contributed by atoms with E-state index in [4.69, 9.17) is 4.74 Å². The molecule has 0 aromatic heterocycles. The molecule has 1 N–H and O–H groups in total. The minimum atomic E-state index is 0.654. The van der Waals surface area contributed by atoms with Crippen molar-refractivity contribution >= 4 is 0 Å². The van der Waals surface area contributed by atoms with Crippen LogP contribution in [0.2, 0.25) is 0 Å². The first kappa shape index (κ1) is 8.52. The van der Waals surface area contributed by atoms with E-state index < -0.39 is 0 Å². The Hall–Kier alpha value is -0.0800. The van der Waals surface area contributed by atoms with Crippen LogP contribution < -0.4 is 5.32 Å². The van der Waals surface area contributed by atoms with Crippen LogP contribution in [0.25, 0.3) is 0 Å². The quantitative estimate of drug-likeness (QED) is 0.679. The third kappa shape index (κ3) is 2.20. The Balaban J connectivity index is 1.69. The van der Waals surface area contributed by atoms with Crippen LogP contribution >= 0.6 is 0 Å². The molecule has 1 atom stereocenters. The molecule has 2 heteroatoms. The van der Waals surface area contributed by atoms with E-state index in [0.717, 1.165) is 19.3 Å². The molecule has 70 valence electrons. The monoisotopic (exact) mass is 169 g/mol. The fraction of sp³-hybridized carbons (Fsp3) is 1.00. The van der Waals surface area contributed by atoms with Crippen LogP contribution in [0.15, 0.2) is 0 Å². The van der Waals surface area contributed by atoms with Crippen LogP contribution in [-0.2, 0) is 4.74 Å². The highest BCUT2D eigenvalue weighted by Crippen LogP contribution is 2.19. The lowest BCUT2D eigenvalue weighted by Gasteiger charge is -2.26. The Morgan fingerprint density at radius 3 is 2.33 bits per heavy atom. The van der Waals surface area contributed by atoms with Gasteiger partial charge in [-0.2, -0.15) is 0 Å². The molecule has 0 bridgehead atoms. The molecule has 2 aliphatic rings. The van der Waals surface area contributed by atoms with Crippen molar-refractivity contribution in [2.75, 3.05) is 13.2 Å². The lowest BCUT2D eigenvalue weighted by molar-refractivity contribution is 0.0666. The molecule has 1 heterocycles. The molecular weight excluding hydrogens is 150 g/mol. The summed E-state index contributed by atoms with van der Waals surface area (Å²) >= 11 is 0. The predicted molar refractivity (Wildman–Crippen MR) is 49.2 cm³/mol.